The molecule has 1 aromatic rings. The van der Waals surface area contributed by atoms with Gasteiger partial charge in [0, 0.05) is 16.6 Å². The van der Waals surface area contributed by atoms with Crippen LogP contribution in [0.5, 0.6) is 0 Å². The van der Waals surface area contributed by atoms with Crippen LogP contribution in [0.25, 0.3) is 0 Å². The maximum absolute atomic E-state index is 9.27. The molecule has 3 unspecified atom stereocenters. The van der Waals surface area contributed by atoms with Crippen molar-refractivity contribution in [2.45, 2.75) is 44.2 Å². The van der Waals surface area contributed by atoms with Gasteiger partial charge in [0.1, 0.15) is 6.07 Å². The maximum atomic E-state index is 9.27. The molecule has 1 aromatic carbocycles. The zero-order valence-electron chi connectivity index (χ0n) is 11.5. The van der Waals surface area contributed by atoms with Crippen LogP contribution in [0.3, 0.4) is 0 Å². The molecule has 0 spiro atoms. The normalized spacial score (nSPS) is 29.3. The number of nitrogens with zero attached hydrogens (tertiary/aromatic N) is 1. The van der Waals surface area contributed by atoms with Crippen LogP contribution in [0.15, 0.2) is 22.7 Å². The average molecular weight is 334 g/mol. The first kappa shape index (κ1) is 13.9. The van der Waals surface area contributed by atoms with Crippen molar-refractivity contribution < 1.29 is 0 Å². The van der Waals surface area contributed by atoms with Gasteiger partial charge in [-0.3, -0.25) is 0 Å². The van der Waals surface area contributed by atoms with Gasteiger partial charge in [-0.25, -0.2) is 0 Å². The summed E-state index contributed by atoms with van der Waals surface area (Å²) in [7, 11) is 0. The molecule has 0 radical (unpaired) electrons. The molecule has 0 amide bonds. The number of hydrogen-bond acceptors (Lipinski definition) is 3. The minimum absolute atomic E-state index is 0.499. The molecule has 3 nitrogen and oxygen atoms in total. The van der Waals surface area contributed by atoms with E-state index in [1.807, 2.05) is 18.2 Å². The highest BCUT2D eigenvalue weighted by molar-refractivity contribution is 9.10. The summed E-state index contributed by atoms with van der Waals surface area (Å²) in [4.78, 5) is 0. The quantitative estimate of drug-likeness (QED) is 0.887. The third kappa shape index (κ3) is 2.84. The number of anilines is 1. The summed E-state index contributed by atoms with van der Waals surface area (Å²) in [6.45, 7) is 1.16. The Morgan fingerprint density at radius 2 is 2.15 bits per heavy atom. The number of halogens is 1. The molecule has 3 rings (SSSR count). The topological polar surface area (TPSA) is 47.9 Å². The van der Waals surface area contributed by atoms with Crippen LogP contribution in [-0.2, 0) is 0 Å². The zero-order valence-corrected chi connectivity index (χ0v) is 13.1. The summed E-state index contributed by atoms with van der Waals surface area (Å²) < 4.78 is 0.958. The highest BCUT2D eigenvalue weighted by Gasteiger charge is 2.35. The lowest BCUT2D eigenvalue weighted by Crippen LogP contribution is -2.38. The second-order valence-electron chi connectivity index (χ2n) is 5.85. The fourth-order valence-electron chi connectivity index (χ4n) is 3.66. The molecule has 20 heavy (non-hydrogen) atoms. The summed E-state index contributed by atoms with van der Waals surface area (Å²) in [6.07, 6.45) is 6.40. The molecule has 1 saturated carbocycles. The van der Waals surface area contributed by atoms with Gasteiger partial charge in [-0.15, -0.1) is 0 Å². The van der Waals surface area contributed by atoms with E-state index in [4.69, 9.17) is 0 Å². The van der Waals surface area contributed by atoms with E-state index in [-0.39, 0.29) is 0 Å². The Hall–Kier alpha value is -1.05. The Morgan fingerprint density at radius 1 is 1.25 bits per heavy atom. The molecule has 2 fully saturated rings. The molecule has 2 aliphatic rings. The monoisotopic (exact) mass is 333 g/mol. The van der Waals surface area contributed by atoms with E-state index in [1.54, 1.807) is 0 Å². The van der Waals surface area contributed by atoms with Gasteiger partial charge < -0.3 is 10.6 Å². The number of nitriles is 1. The Morgan fingerprint density at radius 3 is 2.90 bits per heavy atom. The number of hydrogen-bond donors (Lipinski definition) is 2. The van der Waals surface area contributed by atoms with E-state index in [0.29, 0.717) is 18.0 Å². The maximum Gasteiger partial charge on any atom is 0.101 e. The highest BCUT2D eigenvalue weighted by atomic mass is 79.9. The second kappa shape index (κ2) is 6.15. The van der Waals surface area contributed by atoms with Crippen molar-refractivity contribution in [1.29, 1.82) is 5.26 Å². The van der Waals surface area contributed by atoms with Gasteiger partial charge in [0.2, 0.25) is 0 Å². The molecular weight excluding hydrogens is 314 g/mol. The Balaban J connectivity index is 1.75. The van der Waals surface area contributed by atoms with Crippen molar-refractivity contribution in [1.82, 2.24) is 5.32 Å². The average Bonchev–Trinajstić information content (AvgIpc) is 3.11. The van der Waals surface area contributed by atoms with Crippen molar-refractivity contribution in [3.63, 3.8) is 0 Å². The van der Waals surface area contributed by atoms with Crippen LogP contribution in [0.1, 0.15) is 37.7 Å². The lowest BCUT2D eigenvalue weighted by molar-refractivity contribution is 0.376. The van der Waals surface area contributed by atoms with E-state index in [9.17, 15) is 5.26 Å². The molecule has 2 N–H and O–H groups in total. The van der Waals surface area contributed by atoms with E-state index in [0.717, 1.165) is 22.3 Å². The predicted molar refractivity (Wildman–Crippen MR) is 84.6 cm³/mol. The van der Waals surface area contributed by atoms with E-state index < -0.39 is 0 Å². The molecule has 0 bridgehead atoms. The van der Waals surface area contributed by atoms with Gasteiger partial charge in [-0.2, -0.15) is 5.26 Å². The Kier molecular flexibility index (Phi) is 4.28. The lowest BCUT2D eigenvalue weighted by atomic mass is 9.93. The first-order valence-corrected chi connectivity index (χ1v) is 8.27. The van der Waals surface area contributed by atoms with Crippen molar-refractivity contribution >= 4 is 21.6 Å². The van der Waals surface area contributed by atoms with Crippen LogP contribution in [0, 0.1) is 17.2 Å². The van der Waals surface area contributed by atoms with Crippen LogP contribution < -0.4 is 10.6 Å². The lowest BCUT2D eigenvalue weighted by Gasteiger charge is -2.27. The number of nitrogens with one attached hydrogen (secondary N) is 2. The van der Waals surface area contributed by atoms with Gasteiger partial charge in [-0.05, 0) is 56.3 Å². The van der Waals surface area contributed by atoms with Gasteiger partial charge in [0.25, 0.3) is 0 Å². The number of benzene rings is 1. The molecule has 4 heteroatoms. The highest BCUT2D eigenvalue weighted by Crippen LogP contribution is 2.34. The smallest absolute Gasteiger partial charge is 0.101 e. The van der Waals surface area contributed by atoms with Crippen molar-refractivity contribution in [3.05, 3.63) is 28.2 Å². The second-order valence-corrected chi connectivity index (χ2v) is 6.77. The minimum atomic E-state index is 0.499. The summed E-state index contributed by atoms with van der Waals surface area (Å²) in [5, 5.41) is 16.5. The first-order chi connectivity index (χ1) is 9.78. The Bertz CT molecular complexity index is 517. The molecule has 0 aromatic heterocycles. The van der Waals surface area contributed by atoms with Crippen LogP contribution >= 0.6 is 15.9 Å². The third-order valence-electron chi connectivity index (χ3n) is 4.63. The van der Waals surface area contributed by atoms with E-state index >= 15 is 0 Å². The first-order valence-electron chi connectivity index (χ1n) is 7.47. The summed E-state index contributed by atoms with van der Waals surface area (Å²) in [6, 6.07) is 9.35. The number of rotatable bonds is 3. The Labute approximate surface area is 128 Å². The van der Waals surface area contributed by atoms with Crippen LogP contribution in [-0.4, -0.2) is 18.6 Å². The zero-order chi connectivity index (χ0) is 13.9. The summed E-state index contributed by atoms with van der Waals surface area (Å²) in [5.74, 6) is 0.702. The fourth-order valence-corrected chi connectivity index (χ4v) is 4.02. The van der Waals surface area contributed by atoms with Crippen LogP contribution in [0.2, 0.25) is 0 Å². The molecule has 106 valence electrons. The van der Waals surface area contributed by atoms with Gasteiger partial charge >= 0.3 is 0 Å². The molecule has 3 atom stereocenters. The van der Waals surface area contributed by atoms with Crippen molar-refractivity contribution in [2.75, 3.05) is 11.9 Å². The van der Waals surface area contributed by atoms with Gasteiger partial charge in [0.15, 0.2) is 0 Å². The van der Waals surface area contributed by atoms with Crippen molar-refractivity contribution in [2.24, 2.45) is 5.92 Å². The molecule has 1 aliphatic heterocycles. The van der Waals surface area contributed by atoms with E-state index in [1.165, 1.54) is 32.1 Å². The third-order valence-corrected chi connectivity index (χ3v) is 5.12. The molecule has 1 saturated heterocycles. The van der Waals surface area contributed by atoms with Gasteiger partial charge in [-0.1, -0.05) is 22.4 Å². The van der Waals surface area contributed by atoms with Crippen LogP contribution in [0.4, 0.5) is 5.69 Å². The fraction of sp³-hybridized carbons (Fsp3) is 0.562. The standard InChI is InChI=1S/C16H20BrN3/c17-12-6-7-14(11(9-12)10-18)20-16-4-1-3-13(16)15-5-2-8-19-15/h6-7,9,13,15-16,19-20H,1-5,8H2. The van der Waals surface area contributed by atoms with Crippen molar-refractivity contribution in [3.8, 4) is 6.07 Å². The minimum Gasteiger partial charge on any atom is -0.381 e. The van der Waals surface area contributed by atoms with E-state index in [2.05, 4.69) is 32.6 Å². The summed E-state index contributed by atoms with van der Waals surface area (Å²) in [5.41, 5.74) is 1.70. The molecular formula is C16H20BrN3. The largest absolute Gasteiger partial charge is 0.381 e. The molecule has 1 aliphatic carbocycles. The van der Waals surface area contributed by atoms with Gasteiger partial charge in [0.05, 0.1) is 11.3 Å². The predicted octanol–water partition coefficient (Wildman–Crippen LogP) is 3.65. The SMILES string of the molecule is N#Cc1cc(Br)ccc1NC1CCCC1C1CCCN1. The molecule has 1 heterocycles. The summed E-state index contributed by atoms with van der Waals surface area (Å²) >= 11 is 3.43.